The summed E-state index contributed by atoms with van der Waals surface area (Å²) in [5.74, 6) is 0.856. The Kier molecular flexibility index (Phi) is 3.08. The van der Waals surface area contributed by atoms with Crippen molar-refractivity contribution in [3.63, 3.8) is 0 Å². The molecule has 0 saturated carbocycles. The Morgan fingerprint density at radius 1 is 1.62 bits per heavy atom. The second-order valence-electron chi connectivity index (χ2n) is 4.60. The second kappa shape index (κ2) is 4.22. The van der Waals surface area contributed by atoms with Gasteiger partial charge in [0, 0.05) is 13.1 Å². The second-order valence-corrected chi connectivity index (χ2v) is 5.45. The Morgan fingerprint density at radius 2 is 2.38 bits per heavy atom. The molecule has 2 heterocycles. The molecule has 0 radical (unpaired) electrons. The van der Waals surface area contributed by atoms with E-state index in [1.165, 1.54) is 0 Å². The summed E-state index contributed by atoms with van der Waals surface area (Å²) in [5, 5.41) is 10.0. The van der Waals surface area contributed by atoms with E-state index in [1.54, 1.807) is 6.20 Å². The van der Waals surface area contributed by atoms with Crippen LogP contribution in [0.3, 0.4) is 0 Å². The summed E-state index contributed by atoms with van der Waals surface area (Å²) in [7, 11) is 0. The molecule has 2 rings (SSSR count). The molecule has 1 aliphatic rings. The number of hydrogen-bond acceptors (Lipinski definition) is 4. The van der Waals surface area contributed by atoms with Gasteiger partial charge in [0.15, 0.2) is 0 Å². The number of pyridine rings is 1. The Hall–Kier alpha value is -0.810. The monoisotopic (exact) mass is 285 g/mol. The van der Waals surface area contributed by atoms with Gasteiger partial charge in [-0.2, -0.15) is 0 Å². The average Bonchev–Trinajstić information content (AvgIpc) is 2.15. The van der Waals surface area contributed by atoms with Gasteiger partial charge in [-0.25, -0.2) is 4.98 Å². The third-order valence-electron chi connectivity index (χ3n) is 2.82. The van der Waals surface area contributed by atoms with Gasteiger partial charge >= 0.3 is 0 Å². The molecule has 0 spiro atoms. The number of anilines is 2. The summed E-state index contributed by atoms with van der Waals surface area (Å²) in [6.45, 7) is 3.40. The minimum Gasteiger partial charge on any atom is -0.397 e. The molecule has 1 unspecified atom stereocenters. The number of halogens is 1. The molecule has 1 atom stereocenters. The number of aliphatic hydroxyl groups is 1. The molecule has 16 heavy (non-hydrogen) atoms. The van der Waals surface area contributed by atoms with E-state index in [0.29, 0.717) is 12.2 Å². The molecule has 0 aromatic carbocycles. The lowest BCUT2D eigenvalue weighted by molar-refractivity contribution is 0.0447. The lowest BCUT2D eigenvalue weighted by Gasteiger charge is -2.37. The molecule has 1 aromatic rings. The normalized spacial score (nSPS) is 25.8. The predicted octanol–water partition coefficient (Wildman–Crippen LogP) is 1.78. The Balaban J connectivity index is 2.23. The van der Waals surface area contributed by atoms with Crippen LogP contribution in [0.1, 0.15) is 19.8 Å². The van der Waals surface area contributed by atoms with E-state index in [-0.39, 0.29) is 0 Å². The summed E-state index contributed by atoms with van der Waals surface area (Å²) in [4.78, 5) is 6.40. The van der Waals surface area contributed by atoms with Gasteiger partial charge in [0.1, 0.15) is 5.82 Å². The van der Waals surface area contributed by atoms with Crippen molar-refractivity contribution in [3.8, 4) is 0 Å². The first-order valence-corrected chi connectivity index (χ1v) is 6.16. The number of rotatable bonds is 1. The van der Waals surface area contributed by atoms with Crippen molar-refractivity contribution < 1.29 is 5.11 Å². The Morgan fingerprint density at radius 3 is 3.00 bits per heavy atom. The van der Waals surface area contributed by atoms with Crippen LogP contribution in [0, 0.1) is 0 Å². The Bertz CT molecular complexity index is 395. The van der Waals surface area contributed by atoms with Gasteiger partial charge in [-0.15, -0.1) is 0 Å². The highest BCUT2D eigenvalue weighted by atomic mass is 79.9. The molecule has 1 aliphatic heterocycles. The zero-order chi connectivity index (χ0) is 11.8. The smallest absolute Gasteiger partial charge is 0.143 e. The quantitative estimate of drug-likeness (QED) is 0.826. The summed E-state index contributed by atoms with van der Waals surface area (Å²) in [5.41, 5.74) is 5.66. The standard InChI is InChI=1S/C11H16BrN3O/c1-11(16)3-2-4-15(7-11)10-9(12)5-8(13)6-14-10/h5-6,16H,2-4,7,13H2,1H3. The van der Waals surface area contributed by atoms with E-state index in [4.69, 9.17) is 5.73 Å². The molecule has 3 N–H and O–H groups in total. The van der Waals surface area contributed by atoms with Crippen LogP contribution in [0.2, 0.25) is 0 Å². The maximum absolute atomic E-state index is 10.0. The third kappa shape index (κ3) is 2.47. The molecule has 1 aromatic heterocycles. The molecular weight excluding hydrogens is 270 g/mol. The molecular formula is C11H16BrN3O. The largest absolute Gasteiger partial charge is 0.397 e. The summed E-state index contributed by atoms with van der Waals surface area (Å²) < 4.78 is 0.880. The number of nitrogens with two attached hydrogens (primary N) is 1. The van der Waals surface area contributed by atoms with Crippen LogP contribution < -0.4 is 10.6 Å². The first-order valence-electron chi connectivity index (χ1n) is 5.36. The fraction of sp³-hybridized carbons (Fsp3) is 0.545. The average molecular weight is 286 g/mol. The van der Waals surface area contributed by atoms with E-state index >= 15 is 0 Å². The van der Waals surface area contributed by atoms with Crippen molar-refractivity contribution in [2.24, 2.45) is 0 Å². The van der Waals surface area contributed by atoms with E-state index in [1.807, 2.05) is 13.0 Å². The minimum atomic E-state index is -0.624. The molecule has 4 nitrogen and oxygen atoms in total. The number of β-amino-alcohol motifs (C(OH)–C–C–N with tert-alkyl or cyclic N) is 1. The summed E-state index contributed by atoms with van der Waals surface area (Å²) in [6.07, 6.45) is 3.46. The van der Waals surface area contributed by atoms with Gasteiger partial charge in [0.2, 0.25) is 0 Å². The van der Waals surface area contributed by atoms with Crippen LogP contribution in [0.15, 0.2) is 16.7 Å². The molecule has 0 amide bonds. The van der Waals surface area contributed by atoms with Crippen LogP contribution >= 0.6 is 15.9 Å². The van der Waals surface area contributed by atoms with Crippen LogP contribution in [0.4, 0.5) is 11.5 Å². The highest BCUT2D eigenvalue weighted by Crippen LogP contribution is 2.30. The SMILES string of the molecule is CC1(O)CCCN(c2ncc(N)cc2Br)C1. The number of nitrogens with zero attached hydrogens (tertiary/aromatic N) is 2. The number of nitrogen functional groups attached to an aromatic ring is 1. The lowest BCUT2D eigenvalue weighted by Crippen LogP contribution is -2.46. The van der Waals surface area contributed by atoms with Crippen LogP contribution in [0.25, 0.3) is 0 Å². The third-order valence-corrected chi connectivity index (χ3v) is 3.40. The van der Waals surface area contributed by atoms with Crippen LogP contribution in [-0.2, 0) is 0 Å². The van der Waals surface area contributed by atoms with E-state index in [9.17, 15) is 5.11 Å². The maximum atomic E-state index is 10.0. The van der Waals surface area contributed by atoms with Gasteiger partial charge in [-0.3, -0.25) is 0 Å². The van der Waals surface area contributed by atoms with Crippen molar-refractivity contribution in [2.45, 2.75) is 25.4 Å². The molecule has 0 bridgehead atoms. The van der Waals surface area contributed by atoms with Crippen molar-refractivity contribution in [1.29, 1.82) is 0 Å². The van der Waals surface area contributed by atoms with Crippen molar-refractivity contribution in [3.05, 3.63) is 16.7 Å². The maximum Gasteiger partial charge on any atom is 0.143 e. The predicted molar refractivity (Wildman–Crippen MR) is 68.4 cm³/mol. The number of aromatic nitrogens is 1. The van der Waals surface area contributed by atoms with Crippen LogP contribution in [0.5, 0.6) is 0 Å². The molecule has 5 heteroatoms. The van der Waals surface area contributed by atoms with E-state index in [2.05, 4.69) is 25.8 Å². The minimum absolute atomic E-state index is 0.614. The van der Waals surface area contributed by atoms with Gasteiger partial charge in [0.05, 0.1) is 22.0 Å². The zero-order valence-corrected chi connectivity index (χ0v) is 10.9. The topological polar surface area (TPSA) is 62.4 Å². The van der Waals surface area contributed by atoms with Crippen molar-refractivity contribution in [2.75, 3.05) is 23.7 Å². The first kappa shape index (κ1) is 11.7. The molecule has 88 valence electrons. The number of hydrogen-bond donors (Lipinski definition) is 2. The fourth-order valence-electron chi connectivity index (χ4n) is 2.08. The van der Waals surface area contributed by atoms with Crippen LogP contribution in [-0.4, -0.2) is 28.8 Å². The Labute approximate surface area is 104 Å². The van der Waals surface area contributed by atoms with Crippen molar-refractivity contribution >= 4 is 27.4 Å². The van der Waals surface area contributed by atoms with Gasteiger partial charge < -0.3 is 15.7 Å². The molecule has 1 fully saturated rings. The number of piperidine rings is 1. The molecule has 0 aliphatic carbocycles. The van der Waals surface area contributed by atoms with Crippen molar-refractivity contribution in [1.82, 2.24) is 4.98 Å². The van der Waals surface area contributed by atoms with Gasteiger partial charge in [-0.1, -0.05) is 0 Å². The van der Waals surface area contributed by atoms with E-state index in [0.717, 1.165) is 29.7 Å². The highest BCUT2D eigenvalue weighted by molar-refractivity contribution is 9.10. The fourth-order valence-corrected chi connectivity index (χ4v) is 2.70. The molecule has 1 saturated heterocycles. The first-order chi connectivity index (χ1) is 7.48. The summed E-state index contributed by atoms with van der Waals surface area (Å²) in [6, 6.07) is 1.84. The lowest BCUT2D eigenvalue weighted by atomic mass is 9.95. The van der Waals surface area contributed by atoms with Gasteiger partial charge in [-0.05, 0) is 41.8 Å². The zero-order valence-electron chi connectivity index (χ0n) is 9.28. The highest BCUT2D eigenvalue weighted by Gasteiger charge is 2.29. The van der Waals surface area contributed by atoms with Gasteiger partial charge in [0.25, 0.3) is 0 Å². The summed E-state index contributed by atoms with van der Waals surface area (Å²) >= 11 is 3.45. The van der Waals surface area contributed by atoms with E-state index < -0.39 is 5.60 Å².